The molecule has 86 valence electrons. The first-order valence-electron chi connectivity index (χ1n) is 5.55. The molecule has 0 saturated heterocycles. The van der Waals surface area contributed by atoms with Crippen LogP contribution in [-0.4, -0.2) is 11.9 Å². The van der Waals surface area contributed by atoms with Gasteiger partial charge in [-0.2, -0.15) is 0 Å². The quantitative estimate of drug-likeness (QED) is 0.845. The van der Waals surface area contributed by atoms with Gasteiger partial charge in [0, 0.05) is 18.2 Å². The first kappa shape index (κ1) is 11.3. The fourth-order valence-electron chi connectivity index (χ4n) is 1.41. The van der Waals surface area contributed by atoms with Crippen LogP contribution in [0.15, 0.2) is 18.2 Å². The van der Waals surface area contributed by atoms with Crippen molar-refractivity contribution < 1.29 is 4.79 Å². The lowest BCUT2D eigenvalue weighted by atomic mass is 10.2. The molecule has 4 heteroatoms. The molecule has 0 atom stereocenters. The monoisotopic (exact) mass is 238 g/mol. The highest BCUT2D eigenvalue weighted by Crippen LogP contribution is 2.31. The Morgan fingerprint density at radius 3 is 2.88 bits per heavy atom. The second-order valence-electron chi connectivity index (χ2n) is 4.01. The van der Waals surface area contributed by atoms with Crippen molar-refractivity contribution in [2.24, 2.45) is 0 Å². The molecule has 1 fully saturated rings. The Labute approximate surface area is 100 Å². The molecule has 0 unspecified atom stereocenters. The van der Waals surface area contributed by atoms with Crippen LogP contribution >= 0.6 is 11.6 Å². The van der Waals surface area contributed by atoms with Gasteiger partial charge in [0.2, 0.25) is 5.91 Å². The van der Waals surface area contributed by atoms with Crippen molar-refractivity contribution in [3.63, 3.8) is 0 Å². The summed E-state index contributed by atoms with van der Waals surface area (Å²) >= 11 is 6.06. The first-order chi connectivity index (χ1) is 7.69. The van der Waals surface area contributed by atoms with Crippen LogP contribution in [0.4, 0.5) is 11.4 Å². The normalized spacial score (nSPS) is 14.6. The van der Waals surface area contributed by atoms with Gasteiger partial charge in [0.15, 0.2) is 0 Å². The Hall–Kier alpha value is -1.22. The number of benzene rings is 1. The molecular weight excluding hydrogens is 224 g/mol. The third-order valence-electron chi connectivity index (χ3n) is 2.51. The number of halogens is 1. The minimum atomic E-state index is 0.0136. The van der Waals surface area contributed by atoms with Crippen molar-refractivity contribution in [2.45, 2.75) is 32.2 Å². The maximum absolute atomic E-state index is 11.2. The van der Waals surface area contributed by atoms with Gasteiger partial charge in [-0.15, -0.1) is 0 Å². The van der Waals surface area contributed by atoms with Crippen molar-refractivity contribution >= 4 is 28.9 Å². The van der Waals surface area contributed by atoms with E-state index in [0.29, 0.717) is 17.5 Å². The van der Waals surface area contributed by atoms with Gasteiger partial charge in [-0.3, -0.25) is 4.79 Å². The predicted octanol–water partition coefficient (Wildman–Crippen LogP) is 3.26. The maximum Gasteiger partial charge on any atom is 0.224 e. The van der Waals surface area contributed by atoms with E-state index in [9.17, 15) is 4.79 Å². The van der Waals surface area contributed by atoms with Gasteiger partial charge in [-0.05, 0) is 31.0 Å². The van der Waals surface area contributed by atoms with Gasteiger partial charge in [0.25, 0.3) is 0 Å². The lowest BCUT2D eigenvalue weighted by Crippen LogP contribution is -2.10. The number of hydrogen-bond acceptors (Lipinski definition) is 2. The van der Waals surface area contributed by atoms with Gasteiger partial charge < -0.3 is 10.6 Å². The fourth-order valence-corrected chi connectivity index (χ4v) is 1.58. The molecule has 0 aromatic heterocycles. The van der Waals surface area contributed by atoms with Gasteiger partial charge >= 0.3 is 0 Å². The maximum atomic E-state index is 11.2. The zero-order chi connectivity index (χ0) is 11.5. The van der Waals surface area contributed by atoms with Gasteiger partial charge in [0.1, 0.15) is 0 Å². The molecule has 1 aliphatic carbocycles. The van der Waals surface area contributed by atoms with Crippen LogP contribution < -0.4 is 10.6 Å². The molecule has 2 rings (SSSR count). The summed E-state index contributed by atoms with van der Waals surface area (Å²) in [6, 6.07) is 6.05. The number of carbonyl (C=O) groups excluding carboxylic acids is 1. The van der Waals surface area contributed by atoms with E-state index in [1.807, 2.05) is 19.1 Å². The molecule has 1 saturated carbocycles. The molecule has 16 heavy (non-hydrogen) atoms. The molecule has 0 heterocycles. The summed E-state index contributed by atoms with van der Waals surface area (Å²) in [5.41, 5.74) is 1.69. The number of nitrogens with one attached hydrogen (secondary N) is 2. The third kappa shape index (κ3) is 2.89. The molecule has 0 aliphatic heterocycles. The number of carbonyl (C=O) groups is 1. The van der Waals surface area contributed by atoms with Gasteiger partial charge in [-0.1, -0.05) is 18.5 Å². The van der Waals surface area contributed by atoms with Crippen molar-refractivity contribution in [3.05, 3.63) is 23.2 Å². The molecule has 1 aliphatic rings. The lowest BCUT2D eigenvalue weighted by Gasteiger charge is -2.10. The average molecular weight is 239 g/mol. The van der Waals surface area contributed by atoms with Gasteiger partial charge in [-0.25, -0.2) is 0 Å². The lowest BCUT2D eigenvalue weighted by molar-refractivity contribution is -0.115. The second kappa shape index (κ2) is 4.74. The molecule has 0 radical (unpaired) electrons. The smallest absolute Gasteiger partial charge is 0.224 e. The molecule has 0 bridgehead atoms. The van der Waals surface area contributed by atoms with E-state index in [-0.39, 0.29) is 5.91 Å². The predicted molar refractivity (Wildman–Crippen MR) is 67.0 cm³/mol. The summed E-state index contributed by atoms with van der Waals surface area (Å²) in [5, 5.41) is 6.84. The van der Waals surface area contributed by atoms with Crippen LogP contribution in [0.2, 0.25) is 5.02 Å². The highest BCUT2D eigenvalue weighted by molar-refractivity contribution is 6.33. The summed E-state index contributed by atoms with van der Waals surface area (Å²) in [6.45, 7) is 1.83. The zero-order valence-corrected chi connectivity index (χ0v) is 9.97. The van der Waals surface area contributed by atoms with Crippen LogP contribution in [-0.2, 0) is 4.79 Å². The molecular formula is C12H15ClN2O. The van der Waals surface area contributed by atoms with E-state index >= 15 is 0 Å². The number of amides is 1. The number of anilines is 2. The molecule has 1 aromatic carbocycles. The highest BCUT2D eigenvalue weighted by atomic mass is 35.5. The third-order valence-corrected chi connectivity index (χ3v) is 2.84. The largest absolute Gasteiger partial charge is 0.381 e. The molecule has 3 nitrogen and oxygen atoms in total. The van der Waals surface area contributed by atoms with Crippen LogP contribution in [0.5, 0.6) is 0 Å². The zero-order valence-electron chi connectivity index (χ0n) is 9.22. The SMILES string of the molecule is CCC(=O)Nc1ccc(Cl)c(NC2CC2)c1. The Morgan fingerprint density at radius 2 is 2.25 bits per heavy atom. The highest BCUT2D eigenvalue weighted by Gasteiger charge is 2.21. The Balaban J connectivity index is 2.10. The van der Waals surface area contributed by atoms with E-state index < -0.39 is 0 Å². The topological polar surface area (TPSA) is 41.1 Å². The van der Waals surface area contributed by atoms with E-state index in [1.54, 1.807) is 6.07 Å². The molecule has 2 N–H and O–H groups in total. The number of rotatable bonds is 4. The Bertz CT molecular complexity index is 402. The van der Waals surface area contributed by atoms with Crippen LogP contribution in [0.3, 0.4) is 0 Å². The fraction of sp³-hybridized carbons (Fsp3) is 0.417. The number of hydrogen-bond donors (Lipinski definition) is 2. The molecule has 1 aromatic rings. The van der Waals surface area contributed by atoms with E-state index in [4.69, 9.17) is 11.6 Å². The van der Waals surface area contributed by atoms with E-state index in [0.717, 1.165) is 11.4 Å². The van der Waals surface area contributed by atoms with Crippen molar-refractivity contribution in [3.8, 4) is 0 Å². The average Bonchev–Trinajstić information content (AvgIpc) is 3.07. The molecule has 0 spiro atoms. The van der Waals surface area contributed by atoms with Crippen molar-refractivity contribution in [1.82, 2.24) is 0 Å². The summed E-state index contributed by atoms with van der Waals surface area (Å²) in [6.07, 6.45) is 2.87. The Kier molecular flexibility index (Phi) is 3.34. The van der Waals surface area contributed by atoms with Gasteiger partial charge in [0.05, 0.1) is 10.7 Å². The summed E-state index contributed by atoms with van der Waals surface area (Å²) in [7, 11) is 0. The summed E-state index contributed by atoms with van der Waals surface area (Å²) in [5.74, 6) is 0.0136. The minimum absolute atomic E-state index is 0.0136. The van der Waals surface area contributed by atoms with Crippen LogP contribution in [0, 0.1) is 0 Å². The van der Waals surface area contributed by atoms with E-state index in [2.05, 4.69) is 10.6 Å². The van der Waals surface area contributed by atoms with Crippen molar-refractivity contribution in [1.29, 1.82) is 0 Å². The van der Waals surface area contributed by atoms with Crippen LogP contribution in [0.25, 0.3) is 0 Å². The Morgan fingerprint density at radius 1 is 1.50 bits per heavy atom. The van der Waals surface area contributed by atoms with E-state index in [1.165, 1.54) is 12.8 Å². The molecule has 1 amide bonds. The summed E-state index contributed by atoms with van der Waals surface area (Å²) < 4.78 is 0. The first-order valence-corrected chi connectivity index (χ1v) is 5.92. The standard InChI is InChI=1S/C12H15ClN2O/c1-2-12(16)15-9-5-6-10(13)11(7-9)14-8-3-4-8/h5-8,14H,2-4H2,1H3,(H,15,16). The van der Waals surface area contributed by atoms with Crippen molar-refractivity contribution in [2.75, 3.05) is 10.6 Å². The van der Waals surface area contributed by atoms with Crippen LogP contribution in [0.1, 0.15) is 26.2 Å². The second-order valence-corrected chi connectivity index (χ2v) is 4.42. The summed E-state index contributed by atoms with van der Waals surface area (Å²) in [4.78, 5) is 11.2. The minimum Gasteiger partial charge on any atom is -0.381 e.